The molecular formula is C23H18Cl2N4O3. The summed E-state index contributed by atoms with van der Waals surface area (Å²) in [6.07, 6.45) is 1.27. The van der Waals surface area contributed by atoms with Gasteiger partial charge in [0.05, 0.1) is 27.5 Å². The molecule has 7 nitrogen and oxygen atoms in total. The van der Waals surface area contributed by atoms with Gasteiger partial charge in [0.15, 0.2) is 0 Å². The Morgan fingerprint density at radius 2 is 1.62 bits per heavy atom. The van der Waals surface area contributed by atoms with Gasteiger partial charge in [0.25, 0.3) is 5.91 Å². The van der Waals surface area contributed by atoms with E-state index in [0.717, 1.165) is 5.56 Å². The van der Waals surface area contributed by atoms with E-state index in [2.05, 4.69) is 21.2 Å². The van der Waals surface area contributed by atoms with Gasteiger partial charge >= 0.3 is 11.8 Å². The summed E-state index contributed by atoms with van der Waals surface area (Å²) in [4.78, 5) is 37.1. The molecule has 0 unspecified atom stereocenters. The van der Waals surface area contributed by atoms with E-state index in [1.54, 1.807) is 36.4 Å². The Labute approximate surface area is 194 Å². The van der Waals surface area contributed by atoms with Crippen LogP contribution in [0.25, 0.3) is 0 Å². The van der Waals surface area contributed by atoms with Crippen LogP contribution in [0.1, 0.15) is 21.5 Å². The average Bonchev–Trinajstić information content (AvgIpc) is 2.77. The van der Waals surface area contributed by atoms with E-state index in [1.807, 2.05) is 25.1 Å². The molecular weight excluding hydrogens is 451 g/mol. The molecule has 0 bridgehead atoms. The third kappa shape index (κ3) is 5.94. The van der Waals surface area contributed by atoms with Crippen molar-refractivity contribution >= 4 is 58.5 Å². The Morgan fingerprint density at radius 3 is 2.41 bits per heavy atom. The molecule has 0 aliphatic rings. The zero-order chi connectivity index (χ0) is 23.1. The Balaban J connectivity index is 1.66. The van der Waals surface area contributed by atoms with Crippen molar-refractivity contribution in [2.24, 2.45) is 5.10 Å². The summed E-state index contributed by atoms with van der Waals surface area (Å²) < 4.78 is 0. The zero-order valence-corrected chi connectivity index (χ0v) is 18.4. The summed E-state index contributed by atoms with van der Waals surface area (Å²) >= 11 is 12.0. The molecule has 3 aromatic carbocycles. The predicted octanol–water partition coefficient (Wildman–Crippen LogP) is 4.64. The largest absolute Gasteiger partial charge is 0.329 e. The molecule has 0 aliphatic carbocycles. The second-order valence-electron chi connectivity index (χ2n) is 6.67. The van der Waals surface area contributed by atoms with Crippen LogP contribution < -0.4 is 16.1 Å². The van der Waals surface area contributed by atoms with Crippen LogP contribution in [0.4, 0.5) is 11.4 Å². The Kier molecular flexibility index (Phi) is 7.59. The van der Waals surface area contributed by atoms with Gasteiger partial charge in [-0.1, -0.05) is 59.6 Å². The summed E-state index contributed by atoms with van der Waals surface area (Å²) in [5, 5.41) is 9.51. The van der Waals surface area contributed by atoms with Crippen molar-refractivity contribution < 1.29 is 14.4 Å². The third-order valence-corrected chi connectivity index (χ3v) is 5.09. The summed E-state index contributed by atoms with van der Waals surface area (Å²) in [5.41, 5.74) is 4.56. The Bertz CT molecular complexity index is 1210. The molecule has 0 aliphatic heterocycles. The van der Waals surface area contributed by atoms with Gasteiger partial charge in [0.2, 0.25) is 0 Å². The Hall–Kier alpha value is -3.68. The number of aryl methyl sites for hydroxylation is 1. The van der Waals surface area contributed by atoms with Crippen LogP contribution in [-0.4, -0.2) is 23.9 Å². The molecule has 32 heavy (non-hydrogen) atoms. The molecule has 3 rings (SSSR count). The molecule has 162 valence electrons. The maximum absolute atomic E-state index is 12.7. The van der Waals surface area contributed by atoms with Crippen LogP contribution in [0.2, 0.25) is 10.0 Å². The van der Waals surface area contributed by atoms with Gasteiger partial charge in [-0.25, -0.2) is 5.43 Å². The van der Waals surface area contributed by atoms with E-state index < -0.39 is 17.7 Å². The lowest BCUT2D eigenvalue weighted by Gasteiger charge is -2.11. The molecule has 3 N–H and O–H groups in total. The fourth-order valence-corrected chi connectivity index (χ4v) is 3.08. The van der Waals surface area contributed by atoms with Crippen molar-refractivity contribution in [3.05, 3.63) is 93.5 Å². The number of halogens is 2. The lowest BCUT2D eigenvalue weighted by Crippen LogP contribution is -2.33. The molecule has 0 fully saturated rings. The first-order valence-corrected chi connectivity index (χ1v) is 10.2. The van der Waals surface area contributed by atoms with Crippen molar-refractivity contribution in [2.75, 3.05) is 10.6 Å². The molecule has 0 spiro atoms. The van der Waals surface area contributed by atoms with Crippen LogP contribution in [0.5, 0.6) is 0 Å². The lowest BCUT2D eigenvalue weighted by atomic mass is 10.1. The number of hydrogen-bond acceptors (Lipinski definition) is 4. The van der Waals surface area contributed by atoms with Crippen LogP contribution in [-0.2, 0) is 9.59 Å². The smallest absolute Gasteiger partial charge is 0.322 e. The van der Waals surface area contributed by atoms with Gasteiger partial charge in [-0.15, -0.1) is 0 Å². The molecule has 0 saturated carbocycles. The SMILES string of the molecule is Cc1cccc(NC(=O)c2ccccc2NC(=O)C(=O)N/N=C\c2cccc(Cl)c2Cl)c1. The monoisotopic (exact) mass is 468 g/mol. The average molecular weight is 469 g/mol. The van der Waals surface area contributed by atoms with Gasteiger partial charge in [0.1, 0.15) is 0 Å². The first-order valence-electron chi connectivity index (χ1n) is 9.40. The van der Waals surface area contributed by atoms with Crippen LogP contribution in [0, 0.1) is 6.92 Å². The number of carbonyl (C=O) groups is 3. The summed E-state index contributed by atoms with van der Waals surface area (Å²) in [6, 6.07) is 18.6. The number of amides is 3. The van der Waals surface area contributed by atoms with Crippen LogP contribution in [0.15, 0.2) is 71.8 Å². The van der Waals surface area contributed by atoms with E-state index in [0.29, 0.717) is 16.3 Å². The van der Waals surface area contributed by atoms with Gasteiger partial charge in [-0.2, -0.15) is 5.10 Å². The van der Waals surface area contributed by atoms with E-state index >= 15 is 0 Å². The van der Waals surface area contributed by atoms with Gasteiger partial charge in [0, 0.05) is 11.3 Å². The van der Waals surface area contributed by atoms with E-state index in [1.165, 1.54) is 18.3 Å². The number of hydrazone groups is 1. The molecule has 0 heterocycles. The molecule has 0 radical (unpaired) electrons. The topological polar surface area (TPSA) is 99.7 Å². The third-order valence-electron chi connectivity index (χ3n) is 4.25. The number of rotatable bonds is 5. The van der Waals surface area contributed by atoms with Crippen molar-refractivity contribution in [3.8, 4) is 0 Å². The number of anilines is 2. The van der Waals surface area contributed by atoms with Gasteiger partial charge < -0.3 is 10.6 Å². The first kappa shape index (κ1) is 23.0. The lowest BCUT2D eigenvalue weighted by molar-refractivity contribution is -0.136. The number of nitrogens with zero attached hydrogens (tertiary/aromatic N) is 1. The summed E-state index contributed by atoms with van der Waals surface area (Å²) in [5.74, 6) is -2.44. The standard InChI is InChI=1S/C23H18Cl2N4O3/c1-14-6-4-8-16(12-14)27-21(30)17-9-2-3-11-19(17)28-22(31)23(32)29-26-13-15-7-5-10-18(24)20(15)25/h2-13H,1H3,(H,27,30)(H,28,31)(H,29,32)/b26-13-. The second-order valence-corrected chi connectivity index (χ2v) is 7.45. The highest BCUT2D eigenvalue weighted by Gasteiger charge is 2.18. The van der Waals surface area contributed by atoms with Crippen molar-refractivity contribution in [1.29, 1.82) is 0 Å². The summed E-state index contributed by atoms with van der Waals surface area (Å²) in [6.45, 7) is 1.91. The molecule has 0 atom stereocenters. The number of para-hydroxylation sites is 1. The maximum Gasteiger partial charge on any atom is 0.329 e. The number of nitrogens with one attached hydrogen (secondary N) is 3. The van der Waals surface area contributed by atoms with E-state index in [4.69, 9.17) is 23.2 Å². The molecule has 3 aromatic rings. The maximum atomic E-state index is 12.7. The minimum Gasteiger partial charge on any atom is -0.322 e. The molecule has 9 heteroatoms. The van der Waals surface area contributed by atoms with Crippen LogP contribution >= 0.6 is 23.2 Å². The molecule has 0 aromatic heterocycles. The fraction of sp³-hybridized carbons (Fsp3) is 0.0435. The normalized spacial score (nSPS) is 10.6. The van der Waals surface area contributed by atoms with Crippen molar-refractivity contribution in [3.63, 3.8) is 0 Å². The zero-order valence-electron chi connectivity index (χ0n) is 16.9. The highest BCUT2D eigenvalue weighted by molar-refractivity contribution is 6.43. The number of carbonyl (C=O) groups excluding carboxylic acids is 3. The van der Waals surface area contributed by atoms with E-state index in [-0.39, 0.29) is 16.3 Å². The number of hydrogen-bond donors (Lipinski definition) is 3. The number of benzene rings is 3. The van der Waals surface area contributed by atoms with Gasteiger partial charge in [-0.05, 0) is 42.8 Å². The second kappa shape index (κ2) is 10.6. The fourth-order valence-electron chi connectivity index (χ4n) is 2.72. The predicted molar refractivity (Wildman–Crippen MR) is 126 cm³/mol. The van der Waals surface area contributed by atoms with Crippen LogP contribution in [0.3, 0.4) is 0 Å². The quantitative estimate of drug-likeness (QED) is 0.288. The van der Waals surface area contributed by atoms with E-state index in [9.17, 15) is 14.4 Å². The van der Waals surface area contributed by atoms with Crippen molar-refractivity contribution in [1.82, 2.24) is 5.43 Å². The minimum atomic E-state index is -1.02. The first-order chi connectivity index (χ1) is 15.3. The minimum absolute atomic E-state index is 0.180. The Morgan fingerprint density at radius 1 is 0.875 bits per heavy atom. The highest BCUT2D eigenvalue weighted by atomic mass is 35.5. The summed E-state index contributed by atoms with van der Waals surface area (Å²) in [7, 11) is 0. The highest BCUT2D eigenvalue weighted by Crippen LogP contribution is 2.24. The van der Waals surface area contributed by atoms with Gasteiger partial charge in [-0.3, -0.25) is 14.4 Å². The van der Waals surface area contributed by atoms with Crippen molar-refractivity contribution in [2.45, 2.75) is 6.92 Å². The molecule has 3 amide bonds. The molecule has 0 saturated heterocycles.